The lowest BCUT2D eigenvalue weighted by Gasteiger charge is -2.29. The number of hydrogen-bond acceptors (Lipinski definition) is 5. The average molecular weight is 385 g/mol. The van der Waals surface area contributed by atoms with E-state index in [0.717, 1.165) is 25.7 Å². The Bertz CT molecular complexity index is 794. The van der Waals surface area contributed by atoms with Crippen molar-refractivity contribution in [3.63, 3.8) is 0 Å². The number of likely N-dealkylation sites (N-methyl/N-ethyl adjacent to an activating group) is 1. The molecule has 0 aromatic carbocycles. The molecule has 2 amide bonds. The molecule has 1 atom stereocenters. The molecular formula is C21H27N3O4. The lowest BCUT2D eigenvalue weighted by atomic mass is 9.83. The van der Waals surface area contributed by atoms with Gasteiger partial charge in [0.05, 0.1) is 12.8 Å². The molecule has 3 rings (SSSR count). The van der Waals surface area contributed by atoms with Crippen molar-refractivity contribution >= 4 is 11.8 Å². The van der Waals surface area contributed by atoms with Gasteiger partial charge in [-0.05, 0) is 49.9 Å². The molecule has 7 nitrogen and oxygen atoms in total. The molecule has 1 saturated carbocycles. The van der Waals surface area contributed by atoms with Gasteiger partial charge in [0.25, 0.3) is 5.91 Å². The first-order valence-electron chi connectivity index (χ1n) is 9.84. The van der Waals surface area contributed by atoms with Crippen LogP contribution in [0.3, 0.4) is 0 Å². The lowest BCUT2D eigenvalue weighted by Crippen LogP contribution is -2.50. The molecule has 0 bridgehead atoms. The van der Waals surface area contributed by atoms with Crippen molar-refractivity contribution in [2.75, 3.05) is 13.7 Å². The van der Waals surface area contributed by atoms with Gasteiger partial charge in [0.1, 0.15) is 17.5 Å². The van der Waals surface area contributed by atoms with Crippen LogP contribution in [0.4, 0.5) is 0 Å². The zero-order valence-electron chi connectivity index (χ0n) is 16.4. The second-order valence-electron chi connectivity index (χ2n) is 6.94. The van der Waals surface area contributed by atoms with Gasteiger partial charge in [0.2, 0.25) is 5.91 Å². The molecular weight excluding hydrogens is 358 g/mol. The van der Waals surface area contributed by atoms with Crippen molar-refractivity contribution in [3.05, 3.63) is 36.2 Å². The maximum Gasteiger partial charge on any atom is 0.287 e. The Hall–Kier alpha value is -2.83. The standard InChI is InChI=1S/C21H27N3O4/c1-3-27-15-9-10-16(23-13-15)17-11-12-18(28-17)20(25)24-19(21(26)22-2)14-7-5-4-6-8-14/h9-14,19H,3-8H2,1-2H3,(H,22,26)(H,24,25)/t19-/m0/s1. The number of ether oxygens (including phenoxy) is 1. The molecule has 2 N–H and O–H groups in total. The Morgan fingerprint density at radius 2 is 2.00 bits per heavy atom. The van der Waals surface area contributed by atoms with Crippen LogP contribution >= 0.6 is 0 Å². The third-order valence-corrected chi connectivity index (χ3v) is 5.07. The maximum atomic E-state index is 12.7. The smallest absolute Gasteiger partial charge is 0.287 e. The van der Waals surface area contributed by atoms with E-state index in [0.29, 0.717) is 23.8 Å². The normalized spacial score (nSPS) is 15.6. The predicted octanol–water partition coefficient (Wildman–Crippen LogP) is 3.17. The molecule has 2 heterocycles. The lowest BCUT2D eigenvalue weighted by molar-refractivity contribution is -0.124. The molecule has 0 unspecified atom stereocenters. The Morgan fingerprint density at radius 3 is 2.64 bits per heavy atom. The summed E-state index contributed by atoms with van der Waals surface area (Å²) in [5.74, 6) is 0.922. The molecule has 0 saturated heterocycles. The first-order valence-corrected chi connectivity index (χ1v) is 9.84. The highest BCUT2D eigenvalue weighted by molar-refractivity contribution is 5.96. The number of rotatable bonds is 7. The van der Waals surface area contributed by atoms with Gasteiger partial charge in [0, 0.05) is 7.05 Å². The van der Waals surface area contributed by atoms with Crippen LogP contribution in [0.5, 0.6) is 5.75 Å². The highest BCUT2D eigenvalue weighted by atomic mass is 16.5. The summed E-state index contributed by atoms with van der Waals surface area (Å²) >= 11 is 0. The topological polar surface area (TPSA) is 93.5 Å². The fraction of sp³-hybridized carbons (Fsp3) is 0.476. The summed E-state index contributed by atoms with van der Waals surface area (Å²) in [4.78, 5) is 29.3. The zero-order chi connectivity index (χ0) is 19.9. The van der Waals surface area contributed by atoms with Gasteiger partial charge >= 0.3 is 0 Å². The highest BCUT2D eigenvalue weighted by Crippen LogP contribution is 2.27. The third-order valence-electron chi connectivity index (χ3n) is 5.07. The minimum absolute atomic E-state index is 0.153. The molecule has 28 heavy (non-hydrogen) atoms. The third kappa shape index (κ3) is 4.71. The van der Waals surface area contributed by atoms with E-state index in [1.165, 1.54) is 6.42 Å². The van der Waals surface area contributed by atoms with E-state index in [1.807, 2.05) is 6.92 Å². The van der Waals surface area contributed by atoms with E-state index >= 15 is 0 Å². The SMILES string of the molecule is CCOc1ccc(-c2ccc(C(=O)N[C@H](C(=O)NC)C3CCCCC3)o2)nc1. The number of carbonyl (C=O) groups is 2. The van der Waals surface area contributed by atoms with E-state index in [-0.39, 0.29) is 17.6 Å². The summed E-state index contributed by atoms with van der Waals surface area (Å²) in [6, 6.07) is 6.34. The summed E-state index contributed by atoms with van der Waals surface area (Å²) in [5.41, 5.74) is 0.609. The van der Waals surface area contributed by atoms with Gasteiger partial charge in [-0.2, -0.15) is 0 Å². The Morgan fingerprint density at radius 1 is 1.21 bits per heavy atom. The number of amides is 2. The molecule has 150 valence electrons. The number of hydrogen-bond donors (Lipinski definition) is 2. The predicted molar refractivity (Wildman–Crippen MR) is 105 cm³/mol. The van der Waals surface area contributed by atoms with E-state index < -0.39 is 11.9 Å². The van der Waals surface area contributed by atoms with Gasteiger partial charge in [0.15, 0.2) is 11.5 Å². The van der Waals surface area contributed by atoms with E-state index in [2.05, 4.69) is 15.6 Å². The minimum Gasteiger partial charge on any atom is -0.492 e. The van der Waals surface area contributed by atoms with Gasteiger partial charge in [-0.25, -0.2) is 4.98 Å². The monoisotopic (exact) mass is 385 g/mol. The van der Waals surface area contributed by atoms with Crippen LogP contribution in [0.15, 0.2) is 34.9 Å². The molecule has 2 aromatic rings. The van der Waals surface area contributed by atoms with E-state index in [1.54, 1.807) is 37.5 Å². The molecule has 0 aliphatic heterocycles. The quantitative estimate of drug-likeness (QED) is 0.764. The number of nitrogens with zero attached hydrogens (tertiary/aromatic N) is 1. The van der Waals surface area contributed by atoms with Crippen molar-refractivity contribution in [1.82, 2.24) is 15.6 Å². The van der Waals surface area contributed by atoms with E-state index in [9.17, 15) is 9.59 Å². The number of pyridine rings is 1. The van der Waals surface area contributed by atoms with Crippen molar-refractivity contribution < 1.29 is 18.7 Å². The van der Waals surface area contributed by atoms with Crippen molar-refractivity contribution in [3.8, 4) is 17.2 Å². The Labute approximate surface area is 164 Å². The van der Waals surface area contributed by atoms with Crippen molar-refractivity contribution in [2.45, 2.75) is 45.1 Å². The number of carbonyl (C=O) groups excluding carboxylic acids is 2. The van der Waals surface area contributed by atoms with Crippen LogP contribution < -0.4 is 15.4 Å². The van der Waals surface area contributed by atoms with Crippen molar-refractivity contribution in [1.29, 1.82) is 0 Å². The van der Waals surface area contributed by atoms with Gasteiger partial charge < -0.3 is 19.8 Å². The average Bonchev–Trinajstić information content (AvgIpc) is 3.23. The van der Waals surface area contributed by atoms with Gasteiger partial charge in [-0.3, -0.25) is 9.59 Å². The molecule has 0 spiro atoms. The summed E-state index contributed by atoms with van der Waals surface area (Å²) in [7, 11) is 1.59. The molecule has 0 radical (unpaired) electrons. The maximum absolute atomic E-state index is 12.7. The molecule has 7 heteroatoms. The molecule has 1 fully saturated rings. The first kappa shape index (κ1) is 19.9. The summed E-state index contributed by atoms with van der Waals surface area (Å²) in [6.45, 7) is 2.48. The van der Waals surface area contributed by atoms with Gasteiger partial charge in [-0.15, -0.1) is 0 Å². The molecule has 1 aliphatic carbocycles. The summed E-state index contributed by atoms with van der Waals surface area (Å²) in [5, 5.41) is 5.52. The Kier molecular flexibility index (Phi) is 6.68. The second kappa shape index (κ2) is 9.39. The first-order chi connectivity index (χ1) is 13.6. The van der Waals surface area contributed by atoms with E-state index in [4.69, 9.17) is 9.15 Å². The van der Waals surface area contributed by atoms with Crippen LogP contribution in [0, 0.1) is 5.92 Å². The van der Waals surface area contributed by atoms with Crippen LogP contribution in [-0.4, -0.2) is 36.5 Å². The fourth-order valence-electron chi connectivity index (χ4n) is 3.61. The largest absolute Gasteiger partial charge is 0.492 e. The summed E-state index contributed by atoms with van der Waals surface area (Å²) < 4.78 is 11.1. The van der Waals surface area contributed by atoms with Crippen LogP contribution in [0.1, 0.15) is 49.6 Å². The van der Waals surface area contributed by atoms with Gasteiger partial charge in [-0.1, -0.05) is 19.3 Å². The number of furan rings is 1. The second-order valence-corrected chi connectivity index (χ2v) is 6.94. The van der Waals surface area contributed by atoms with Crippen molar-refractivity contribution in [2.24, 2.45) is 5.92 Å². The van der Waals surface area contributed by atoms with Crippen LogP contribution in [0.2, 0.25) is 0 Å². The zero-order valence-corrected chi connectivity index (χ0v) is 16.4. The molecule has 2 aromatic heterocycles. The highest BCUT2D eigenvalue weighted by Gasteiger charge is 2.31. The van der Waals surface area contributed by atoms with Crippen LogP contribution in [0.25, 0.3) is 11.5 Å². The number of nitrogens with one attached hydrogen (secondary N) is 2. The molecule has 1 aliphatic rings. The van der Waals surface area contributed by atoms with Crippen LogP contribution in [-0.2, 0) is 4.79 Å². The Balaban J connectivity index is 1.70. The summed E-state index contributed by atoms with van der Waals surface area (Å²) in [6.07, 6.45) is 6.85. The fourth-order valence-corrected chi connectivity index (χ4v) is 3.61. The number of aromatic nitrogens is 1. The minimum atomic E-state index is -0.546.